The molecule has 0 aliphatic carbocycles. The summed E-state index contributed by atoms with van der Waals surface area (Å²) in [5, 5.41) is 3.52. The van der Waals surface area contributed by atoms with Gasteiger partial charge in [-0.2, -0.15) is 0 Å². The van der Waals surface area contributed by atoms with Gasteiger partial charge in [0.1, 0.15) is 16.5 Å². The van der Waals surface area contributed by atoms with Crippen molar-refractivity contribution in [2.45, 2.75) is 6.54 Å². The third-order valence-corrected chi connectivity index (χ3v) is 2.77. The normalized spacial score (nSPS) is 10.3. The second-order valence-electron chi connectivity index (χ2n) is 3.94. The standard InChI is InChI=1S/C14H15ClN2O2/c1-16-8-10-6-13(15)14(17-9-10)19-12-5-3-4-11(7-12)18-2/h3-7,9,16H,8H2,1-2H3. The minimum atomic E-state index is 0.384. The van der Waals surface area contributed by atoms with Crippen molar-refractivity contribution in [1.82, 2.24) is 10.3 Å². The molecule has 5 heteroatoms. The Bertz CT molecular complexity index is 561. The van der Waals surface area contributed by atoms with Gasteiger partial charge in [-0.15, -0.1) is 0 Å². The van der Waals surface area contributed by atoms with Crippen molar-refractivity contribution in [1.29, 1.82) is 0 Å². The van der Waals surface area contributed by atoms with Crippen molar-refractivity contribution in [3.05, 3.63) is 47.1 Å². The first-order valence-corrected chi connectivity index (χ1v) is 6.21. The topological polar surface area (TPSA) is 43.4 Å². The predicted octanol–water partition coefficient (Wildman–Crippen LogP) is 3.26. The number of ether oxygens (including phenoxy) is 2. The van der Waals surface area contributed by atoms with E-state index in [4.69, 9.17) is 21.1 Å². The smallest absolute Gasteiger partial charge is 0.238 e. The van der Waals surface area contributed by atoms with Crippen LogP contribution in [0.4, 0.5) is 0 Å². The number of aromatic nitrogens is 1. The van der Waals surface area contributed by atoms with Gasteiger partial charge in [-0.1, -0.05) is 17.7 Å². The first kappa shape index (κ1) is 13.6. The zero-order valence-corrected chi connectivity index (χ0v) is 11.6. The monoisotopic (exact) mass is 278 g/mol. The van der Waals surface area contributed by atoms with Crippen LogP contribution in [0.3, 0.4) is 0 Å². The third kappa shape index (κ3) is 3.59. The first-order valence-electron chi connectivity index (χ1n) is 5.84. The molecular formula is C14H15ClN2O2. The molecule has 100 valence electrons. The van der Waals surface area contributed by atoms with Crippen LogP contribution in [0.15, 0.2) is 36.5 Å². The number of nitrogens with one attached hydrogen (secondary N) is 1. The van der Waals surface area contributed by atoms with E-state index in [2.05, 4.69) is 10.3 Å². The molecule has 4 nitrogen and oxygen atoms in total. The van der Waals surface area contributed by atoms with Crippen LogP contribution in [-0.4, -0.2) is 19.1 Å². The molecule has 1 heterocycles. The summed E-state index contributed by atoms with van der Waals surface area (Å²) >= 11 is 6.14. The van der Waals surface area contributed by atoms with E-state index < -0.39 is 0 Å². The van der Waals surface area contributed by atoms with Crippen LogP contribution in [0, 0.1) is 0 Å². The van der Waals surface area contributed by atoms with E-state index in [1.54, 1.807) is 19.4 Å². The maximum Gasteiger partial charge on any atom is 0.238 e. The quantitative estimate of drug-likeness (QED) is 0.912. The molecule has 2 rings (SSSR count). The molecule has 19 heavy (non-hydrogen) atoms. The van der Waals surface area contributed by atoms with Crippen LogP contribution < -0.4 is 14.8 Å². The highest BCUT2D eigenvalue weighted by atomic mass is 35.5. The lowest BCUT2D eigenvalue weighted by Gasteiger charge is -2.09. The number of halogens is 1. The van der Waals surface area contributed by atoms with Gasteiger partial charge in [0.15, 0.2) is 0 Å². The summed E-state index contributed by atoms with van der Waals surface area (Å²) in [5.74, 6) is 1.74. The van der Waals surface area contributed by atoms with Gasteiger partial charge in [0, 0.05) is 18.8 Å². The van der Waals surface area contributed by atoms with Gasteiger partial charge < -0.3 is 14.8 Å². The fraction of sp³-hybridized carbons (Fsp3) is 0.214. The second-order valence-corrected chi connectivity index (χ2v) is 4.35. The van der Waals surface area contributed by atoms with Crippen molar-refractivity contribution < 1.29 is 9.47 Å². The molecule has 0 saturated carbocycles. The van der Waals surface area contributed by atoms with Gasteiger partial charge in [-0.3, -0.25) is 0 Å². The Hall–Kier alpha value is -1.78. The molecule has 0 atom stereocenters. The summed E-state index contributed by atoms with van der Waals surface area (Å²) < 4.78 is 10.8. The molecular weight excluding hydrogens is 264 g/mol. The SMILES string of the molecule is CNCc1cnc(Oc2cccc(OC)c2)c(Cl)c1. The Morgan fingerprint density at radius 1 is 1.26 bits per heavy atom. The van der Waals surface area contributed by atoms with Gasteiger partial charge in [-0.25, -0.2) is 4.98 Å². The van der Waals surface area contributed by atoms with Gasteiger partial charge in [-0.05, 0) is 30.8 Å². The average molecular weight is 279 g/mol. The van der Waals surface area contributed by atoms with E-state index in [1.807, 2.05) is 31.3 Å². The Labute approximate surface area is 117 Å². The van der Waals surface area contributed by atoms with Gasteiger partial charge in [0.05, 0.1) is 7.11 Å². The molecule has 0 aliphatic heterocycles. The Balaban J connectivity index is 2.18. The molecule has 1 aromatic heterocycles. The van der Waals surface area contributed by atoms with Crippen LogP contribution in [0.5, 0.6) is 17.4 Å². The number of pyridine rings is 1. The molecule has 1 N–H and O–H groups in total. The summed E-state index contributed by atoms with van der Waals surface area (Å²) in [6.07, 6.45) is 1.73. The zero-order valence-electron chi connectivity index (χ0n) is 10.8. The zero-order chi connectivity index (χ0) is 13.7. The highest BCUT2D eigenvalue weighted by Crippen LogP contribution is 2.29. The number of hydrogen-bond acceptors (Lipinski definition) is 4. The van der Waals surface area contributed by atoms with Crippen molar-refractivity contribution in [3.8, 4) is 17.4 Å². The second kappa shape index (κ2) is 6.41. The lowest BCUT2D eigenvalue weighted by Crippen LogP contribution is -2.05. The van der Waals surface area contributed by atoms with E-state index in [-0.39, 0.29) is 0 Å². The fourth-order valence-electron chi connectivity index (χ4n) is 1.62. The number of rotatable bonds is 5. The summed E-state index contributed by atoms with van der Waals surface area (Å²) in [5.41, 5.74) is 1.01. The average Bonchev–Trinajstić information content (AvgIpc) is 2.42. The minimum Gasteiger partial charge on any atom is -0.497 e. The minimum absolute atomic E-state index is 0.384. The lowest BCUT2D eigenvalue weighted by molar-refractivity contribution is 0.407. The molecule has 0 bridgehead atoms. The van der Waals surface area contributed by atoms with Gasteiger partial charge >= 0.3 is 0 Å². The van der Waals surface area contributed by atoms with Crippen LogP contribution in [0.25, 0.3) is 0 Å². The Morgan fingerprint density at radius 2 is 2.05 bits per heavy atom. The summed E-state index contributed by atoms with van der Waals surface area (Å²) in [6.45, 7) is 0.714. The molecule has 2 aromatic rings. The van der Waals surface area contributed by atoms with E-state index in [1.165, 1.54) is 0 Å². The number of methoxy groups -OCH3 is 1. The first-order chi connectivity index (χ1) is 9.22. The molecule has 0 spiro atoms. The van der Waals surface area contributed by atoms with Crippen molar-refractivity contribution >= 4 is 11.6 Å². The summed E-state index contributed by atoms with van der Waals surface area (Å²) in [4.78, 5) is 4.21. The van der Waals surface area contributed by atoms with Crippen molar-refractivity contribution in [3.63, 3.8) is 0 Å². The van der Waals surface area contributed by atoms with Crippen molar-refractivity contribution in [2.24, 2.45) is 0 Å². The van der Waals surface area contributed by atoms with Gasteiger partial charge in [0.25, 0.3) is 0 Å². The Morgan fingerprint density at radius 3 is 2.74 bits per heavy atom. The molecule has 0 amide bonds. The fourth-order valence-corrected chi connectivity index (χ4v) is 1.84. The van der Waals surface area contributed by atoms with E-state index in [9.17, 15) is 0 Å². The highest BCUT2D eigenvalue weighted by Gasteiger charge is 2.06. The van der Waals surface area contributed by atoms with Crippen LogP contribution in [-0.2, 0) is 6.54 Å². The van der Waals surface area contributed by atoms with E-state index in [0.717, 1.165) is 11.3 Å². The van der Waals surface area contributed by atoms with E-state index in [0.29, 0.717) is 23.2 Å². The van der Waals surface area contributed by atoms with Crippen LogP contribution >= 0.6 is 11.6 Å². The summed E-state index contributed by atoms with van der Waals surface area (Å²) in [6, 6.07) is 9.12. The number of nitrogens with zero attached hydrogens (tertiary/aromatic N) is 1. The Kier molecular flexibility index (Phi) is 4.60. The maximum absolute atomic E-state index is 6.14. The number of hydrogen-bond donors (Lipinski definition) is 1. The molecule has 1 aromatic carbocycles. The molecule has 0 fully saturated rings. The third-order valence-electron chi connectivity index (χ3n) is 2.50. The molecule has 0 aliphatic rings. The molecule has 0 unspecified atom stereocenters. The van der Waals surface area contributed by atoms with Crippen LogP contribution in [0.1, 0.15) is 5.56 Å². The highest BCUT2D eigenvalue weighted by molar-refractivity contribution is 6.31. The molecule has 0 saturated heterocycles. The molecule has 0 radical (unpaired) electrons. The number of benzene rings is 1. The lowest BCUT2D eigenvalue weighted by atomic mass is 10.3. The predicted molar refractivity (Wildman–Crippen MR) is 75.1 cm³/mol. The largest absolute Gasteiger partial charge is 0.497 e. The van der Waals surface area contributed by atoms with Crippen LogP contribution in [0.2, 0.25) is 5.02 Å². The van der Waals surface area contributed by atoms with Crippen molar-refractivity contribution in [2.75, 3.05) is 14.2 Å². The summed E-state index contributed by atoms with van der Waals surface area (Å²) in [7, 11) is 3.48. The van der Waals surface area contributed by atoms with Gasteiger partial charge in [0.2, 0.25) is 5.88 Å². The maximum atomic E-state index is 6.14. The van der Waals surface area contributed by atoms with E-state index >= 15 is 0 Å².